The molecule has 0 unspecified atom stereocenters. The zero-order valence-electron chi connectivity index (χ0n) is 22.9. The molecule has 3 aromatic rings. The van der Waals surface area contributed by atoms with E-state index in [4.69, 9.17) is 26.3 Å². The van der Waals surface area contributed by atoms with Crippen LogP contribution in [0, 0.1) is 11.3 Å². The number of amides is 4. The first-order valence-electron chi connectivity index (χ1n) is 13.6. The number of halogens is 1. The van der Waals surface area contributed by atoms with Crippen molar-refractivity contribution < 1.29 is 23.9 Å². The zero-order chi connectivity index (χ0) is 29.6. The molecule has 3 atom stereocenters. The number of fused-ring (bicyclic) bond motifs is 2. The third kappa shape index (κ3) is 7.00. The van der Waals surface area contributed by atoms with E-state index in [-0.39, 0.29) is 37.0 Å². The molecular formula is C31H30ClN5O5. The maximum atomic E-state index is 13.5. The molecule has 0 aliphatic carbocycles. The number of ether oxygens (including phenoxy) is 2. The van der Waals surface area contributed by atoms with Gasteiger partial charge in [0.1, 0.15) is 18.5 Å². The molecule has 1 saturated heterocycles. The van der Waals surface area contributed by atoms with Gasteiger partial charge in [-0.3, -0.25) is 9.59 Å². The average Bonchev–Trinajstić information content (AvgIpc) is 2.99. The standard InChI is InChI=1S/C31H30ClN5O5/c1-37-26-11-10-24(15-29(38)34-17-19-5-7-21(32)8-6-19)42-28(26)18-41-27-12-9-23(14-25(27)30(37)39)36-31(40)35-22-4-2-3-20(13-22)16-33/h2-9,12-14,24,26,28H,10-11,15,17-18H2,1H3,(H,34,38)(H2,35,36,40)/t24-,26+,28-/m1/s1. The SMILES string of the molecule is CN1C(=O)c2cc(NC(=O)Nc3cccc(C#N)c3)ccc2OC[C@H]2O[C@@H](CC(=O)NCc3ccc(Cl)cc3)CC[C@@H]21. The maximum Gasteiger partial charge on any atom is 0.323 e. The minimum absolute atomic E-state index is 0.114. The van der Waals surface area contributed by atoms with Crippen LogP contribution in [-0.2, 0) is 16.1 Å². The number of hydrogen-bond donors (Lipinski definition) is 3. The second-order valence-corrected chi connectivity index (χ2v) is 10.7. The summed E-state index contributed by atoms with van der Waals surface area (Å²) in [6, 6.07) is 20.0. The monoisotopic (exact) mass is 587 g/mol. The van der Waals surface area contributed by atoms with Crippen molar-refractivity contribution in [3.05, 3.63) is 88.4 Å². The molecule has 5 rings (SSSR count). The molecule has 0 spiro atoms. The lowest BCUT2D eigenvalue weighted by atomic mass is 9.94. The van der Waals surface area contributed by atoms with Gasteiger partial charge in [-0.2, -0.15) is 5.26 Å². The summed E-state index contributed by atoms with van der Waals surface area (Å²) >= 11 is 5.92. The summed E-state index contributed by atoms with van der Waals surface area (Å²) in [5.74, 6) is 0.00872. The molecule has 42 heavy (non-hydrogen) atoms. The van der Waals surface area contributed by atoms with Crippen LogP contribution >= 0.6 is 11.6 Å². The fraction of sp³-hybridized carbons (Fsp3) is 0.290. The molecule has 0 bridgehead atoms. The Morgan fingerprint density at radius 1 is 1.05 bits per heavy atom. The molecule has 0 saturated carbocycles. The molecule has 2 aliphatic heterocycles. The van der Waals surface area contributed by atoms with Gasteiger partial charge in [0.05, 0.1) is 35.8 Å². The molecule has 1 fully saturated rings. The van der Waals surface area contributed by atoms with Gasteiger partial charge in [0.2, 0.25) is 5.91 Å². The summed E-state index contributed by atoms with van der Waals surface area (Å²) in [4.78, 5) is 40.3. The second-order valence-electron chi connectivity index (χ2n) is 10.3. The third-order valence-electron chi connectivity index (χ3n) is 7.34. The van der Waals surface area contributed by atoms with Crippen molar-refractivity contribution in [3.8, 4) is 11.8 Å². The van der Waals surface area contributed by atoms with Crippen LogP contribution in [0.25, 0.3) is 0 Å². The van der Waals surface area contributed by atoms with Gasteiger partial charge in [-0.05, 0) is 66.9 Å². The van der Waals surface area contributed by atoms with Crippen molar-refractivity contribution in [1.29, 1.82) is 5.26 Å². The maximum absolute atomic E-state index is 13.5. The van der Waals surface area contributed by atoms with Crippen LogP contribution in [0.2, 0.25) is 5.02 Å². The van der Waals surface area contributed by atoms with Crippen LogP contribution in [0.5, 0.6) is 5.75 Å². The lowest BCUT2D eigenvalue weighted by molar-refractivity contribution is -0.134. The number of nitriles is 1. The minimum Gasteiger partial charge on any atom is -0.490 e. The van der Waals surface area contributed by atoms with Gasteiger partial charge in [0.15, 0.2) is 0 Å². The van der Waals surface area contributed by atoms with E-state index in [2.05, 4.69) is 16.0 Å². The zero-order valence-corrected chi connectivity index (χ0v) is 23.7. The van der Waals surface area contributed by atoms with Gasteiger partial charge in [-0.15, -0.1) is 0 Å². The van der Waals surface area contributed by atoms with E-state index in [9.17, 15) is 14.4 Å². The number of hydrogen-bond acceptors (Lipinski definition) is 6. The van der Waals surface area contributed by atoms with Crippen molar-refractivity contribution in [2.24, 2.45) is 0 Å². The Balaban J connectivity index is 1.19. The Morgan fingerprint density at radius 3 is 2.57 bits per heavy atom. The molecule has 3 aromatic carbocycles. The van der Waals surface area contributed by atoms with Gasteiger partial charge in [0, 0.05) is 30.0 Å². The van der Waals surface area contributed by atoms with E-state index in [1.807, 2.05) is 18.2 Å². The van der Waals surface area contributed by atoms with Crippen molar-refractivity contribution >= 4 is 40.8 Å². The highest BCUT2D eigenvalue weighted by atomic mass is 35.5. The number of rotatable bonds is 6. The van der Waals surface area contributed by atoms with Crippen LogP contribution in [0.15, 0.2) is 66.7 Å². The van der Waals surface area contributed by atoms with Crippen molar-refractivity contribution in [2.75, 3.05) is 24.3 Å². The van der Waals surface area contributed by atoms with E-state index in [1.165, 1.54) is 0 Å². The first-order chi connectivity index (χ1) is 20.3. The molecular weight excluding hydrogens is 558 g/mol. The molecule has 0 radical (unpaired) electrons. The van der Waals surface area contributed by atoms with E-state index in [0.717, 1.165) is 5.56 Å². The van der Waals surface area contributed by atoms with E-state index in [0.29, 0.717) is 52.7 Å². The lowest BCUT2D eigenvalue weighted by Gasteiger charge is -2.42. The molecule has 4 amide bonds. The third-order valence-corrected chi connectivity index (χ3v) is 7.59. The molecule has 0 aromatic heterocycles. The smallest absolute Gasteiger partial charge is 0.323 e. The first-order valence-corrected chi connectivity index (χ1v) is 14.0. The summed E-state index contributed by atoms with van der Waals surface area (Å²) in [6.07, 6.45) is 0.796. The minimum atomic E-state index is -0.512. The van der Waals surface area contributed by atoms with Crippen molar-refractivity contribution in [3.63, 3.8) is 0 Å². The van der Waals surface area contributed by atoms with E-state index < -0.39 is 12.1 Å². The number of benzene rings is 3. The molecule has 2 aliphatic rings. The van der Waals surface area contributed by atoms with E-state index in [1.54, 1.807) is 66.5 Å². The Bertz CT molecular complexity index is 1520. The summed E-state index contributed by atoms with van der Waals surface area (Å²) in [5.41, 5.74) is 2.58. The highest BCUT2D eigenvalue weighted by Crippen LogP contribution is 2.32. The highest BCUT2D eigenvalue weighted by Gasteiger charge is 2.39. The predicted molar refractivity (Wildman–Crippen MR) is 157 cm³/mol. The predicted octanol–water partition coefficient (Wildman–Crippen LogP) is 4.94. The summed E-state index contributed by atoms with van der Waals surface area (Å²) < 4.78 is 12.3. The van der Waals surface area contributed by atoms with Gasteiger partial charge in [0.25, 0.3) is 5.91 Å². The lowest BCUT2D eigenvalue weighted by Crippen LogP contribution is -2.53. The average molecular weight is 588 g/mol. The topological polar surface area (TPSA) is 133 Å². The molecule has 2 heterocycles. The highest BCUT2D eigenvalue weighted by molar-refractivity contribution is 6.30. The van der Waals surface area contributed by atoms with Crippen molar-refractivity contribution in [1.82, 2.24) is 10.2 Å². The normalized spacial score (nSPS) is 19.6. The number of carbonyl (C=O) groups excluding carboxylic acids is 3. The Morgan fingerprint density at radius 2 is 1.81 bits per heavy atom. The number of nitrogens with zero attached hydrogens (tertiary/aromatic N) is 2. The van der Waals surface area contributed by atoms with Crippen LogP contribution in [0.1, 0.15) is 40.7 Å². The summed E-state index contributed by atoms with van der Waals surface area (Å²) in [7, 11) is 1.73. The number of likely N-dealkylation sites (N-methyl/N-ethyl adjacent to an activating group) is 1. The van der Waals surface area contributed by atoms with Crippen molar-refractivity contribution in [2.45, 2.75) is 44.1 Å². The molecule has 3 N–H and O–H groups in total. The van der Waals surface area contributed by atoms with Gasteiger partial charge >= 0.3 is 6.03 Å². The number of anilines is 2. The fourth-order valence-corrected chi connectivity index (χ4v) is 5.27. The molecule has 216 valence electrons. The summed E-state index contributed by atoms with van der Waals surface area (Å²) in [5, 5.41) is 18.0. The van der Waals surface area contributed by atoms with E-state index >= 15 is 0 Å². The van der Waals surface area contributed by atoms with Crippen LogP contribution < -0.4 is 20.7 Å². The Kier molecular flexibility index (Phi) is 8.91. The molecule has 10 nitrogen and oxygen atoms in total. The fourth-order valence-electron chi connectivity index (χ4n) is 5.15. The van der Waals surface area contributed by atoms with Crippen LogP contribution in [-0.4, -0.2) is 54.6 Å². The largest absolute Gasteiger partial charge is 0.490 e. The van der Waals surface area contributed by atoms with Gasteiger partial charge < -0.3 is 30.3 Å². The van der Waals surface area contributed by atoms with Crippen LogP contribution in [0.4, 0.5) is 16.2 Å². The number of urea groups is 1. The Labute approximate surface area is 248 Å². The van der Waals surface area contributed by atoms with Gasteiger partial charge in [-0.25, -0.2) is 4.79 Å². The second kappa shape index (κ2) is 12.9. The number of nitrogens with one attached hydrogen (secondary N) is 3. The van der Waals surface area contributed by atoms with Gasteiger partial charge in [-0.1, -0.05) is 29.8 Å². The Hall–Kier alpha value is -4.59. The quantitative estimate of drug-likeness (QED) is 0.374. The summed E-state index contributed by atoms with van der Waals surface area (Å²) in [6.45, 7) is 0.611. The van der Waals surface area contributed by atoms with Crippen LogP contribution in [0.3, 0.4) is 0 Å². The first kappa shape index (κ1) is 28.9. The molecule has 11 heteroatoms. The number of carbonyl (C=O) groups is 3.